The number of benzene rings is 1. The Bertz CT molecular complexity index is 1480. The first-order valence-electron chi connectivity index (χ1n) is 13.6. The van der Waals surface area contributed by atoms with Crippen LogP contribution in [0.1, 0.15) is 51.5 Å². The minimum absolute atomic E-state index is 0.0123. The second kappa shape index (κ2) is 11.5. The molecule has 13 nitrogen and oxygen atoms in total. The molecule has 2 aliphatic carbocycles. The number of ether oxygens (including phenoxy) is 2. The number of hydrogen-bond acceptors (Lipinski definition) is 12. The standard InChI is InChI=1S/C26H30F2N6O7S/c1-4-7-42-25-30-23(29-16-9-13(16)12-5-6-14(27)15(28)8-12)20-24(31-25)34(33-32-20)40-17-10-18(41-37-11-19(35)36)22-21(17)38-26(2,3)39-22/h5-6,8,13,16-18,21-22H,4,7,9-11H2,1-3H3,(H,35,36)(H,29,30,31). The smallest absolute Gasteiger partial charge is 0.333 e. The van der Waals surface area contributed by atoms with E-state index in [0.29, 0.717) is 34.1 Å². The van der Waals surface area contributed by atoms with Crippen molar-refractivity contribution in [3.8, 4) is 0 Å². The molecule has 0 amide bonds. The van der Waals surface area contributed by atoms with E-state index in [2.05, 4.69) is 32.5 Å². The molecule has 3 aromatic rings. The zero-order valence-electron chi connectivity index (χ0n) is 23.0. The number of nitrogens with one attached hydrogen (secondary N) is 1. The van der Waals surface area contributed by atoms with E-state index in [-0.39, 0.29) is 18.4 Å². The maximum absolute atomic E-state index is 13.8. The second-order valence-electron chi connectivity index (χ2n) is 10.8. The van der Waals surface area contributed by atoms with Crippen LogP contribution in [-0.2, 0) is 24.0 Å². The molecule has 1 aliphatic heterocycles. The van der Waals surface area contributed by atoms with Crippen LogP contribution in [0.2, 0.25) is 0 Å². The number of anilines is 1. The number of aliphatic carboxylic acids is 1. The fourth-order valence-corrected chi connectivity index (χ4v) is 5.93. The molecule has 16 heteroatoms. The van der Waals surface area contributed by atoms with Crippen molar-refractivity contribution in [3.63, 3.8) is 0 Å². The highest BCUT2D eigenvalue weighted by Crippen LogP contribution is 2.44. The van der Waals surface area contributed by atoms with Gasteiger partial charge in [-0.3, -0.25) is 0 Å². The lowest BCUT2D eigenvalue weighted by Crippen LogP contribution is -2.37. The highest BCUT2D eigenvalue weighted by molar-refractivity contribution is 7.99. The molecule has 6 rings (SSSR count). The molecule has 0 radical (unpaired) electrons. The Labute approximate surface area is 243 Å². The van der Waals surface area contributed by atoms with Gasteiger partial charge in [-0.25, -0.2) is 28.3 Å². The Morgan fingerprint density at radius 3 is 2.71 bits per heavy atom. The van der Waals surface area contributed by atoms with Crippen LogP contribution in [0, 0.1) is 11.6 Å². The third-order valence-electron chi connectivity index (χ3n) is 7.14. The Balaban J connectivity index is 1.23. The maximum Gasteiger partial charge on any atom is 0.333 e. The molecule has 3 aliphatic rings. The van der Waals surface area contributed by atoms with Crippen LogP contribution in [0.4, 0.5) is 14.6 Å². The summed E-state index contributed by atoms with van der Waals surface area (Å²) in [4.78, 5) is 37.8. The number of rotatable bonds is 12. The number of aromatic nitrogens is 5. The summed E-state index contributed by atoms with van der Waals surface area (Å²) in [5, 5.41) is 21.2. The van der Waals surface area contributed by atoms with Crippen molar-refractivity contribution in [2.45, 2.75) is 87.4 Å². The lowest BCUT2D eigenvalue weighted by Gasteiger charge is -2.23. The van der Waals surface area contributed by atoms with Crippen LogP contribution in [0.15, 0.2) is 23.4 Å². The lowest BCUT2D eigenvalue weighted by molar-refractivity contribution is -0.335. The molecule has 3 heterocycles. The van der Waals surface area contributed by atoms with E-state index >= 15 is 0 Å². The summed E-state index contributed by atoms with van der Waals surface area (Å²) in [6.07, 6.45) is -0.512. The van der Waals surface area contributed by atoms with Crippen LogP contribution in [0.3, 0.4) is 0 Å². The van der Waals surface area contributed by atoms with Crippen molar-refractivity contribution < 1.29 is 42.8 Å². The normalized spacial score (nSPS) is 27.7. The molecule has 2 aromatic heterocycles. The van der Waals surface area contributed by atoms with Gasteiger partial charge in [0.25, 0.3) is 0 Å². The molecule has 6 unspecified atom stereocenters. The molecule has 2 N–H and O–H groups in total. The zero-order chi connectivity index (χ0) is 29.6. The summed E-state index contributed by atoms with van der Waals surface area (Å²) in [5.74, 6) is -2.62. The molecular formula is C26H30F2N6O7S. The van der Waals surface area contributed by atoms with Crippen LogP contribution in [0.25, 0.3) is 11.2 Å². The number of fused-ring (bicyclic) bond motifs is 2. The number of thioether (sulfide) groups is 1. The van der Waals surface area contributed by atoms with Gasteiger partial charge >= 0.3 is 5.97 Å². The van der Waals surface area contributed by atoms with Crippen molar-refractivity contribution >= 4 is 34.7 Å². The van der Waals surface area contributed by atoms with Gasteiger partial charge in [-0.15, -0.1) is 5.10 Å². The van der Waals surface area contributed by atoms with E-state index in [0.717, 1.165) is 18.2 Å². The summed E-state index contributed by atoms with van der Waals surface area (Å²) in [5.41, 5.74) is 1.41. The van der Waals surface area contributed by atoms with Crippen molar-refractivity contribution in [1.29, 1.82) is 0 Å². The largest absolute Gasteiger partial charge is 0.479 e. The summed E-state index contributed by atoms with van der Waals surface area (Å²) in [6, 6.07) is 3.88. The Morgan fingerprint density at radius 1 is 1.19 bits per heavy atom. The van der Waals surface area contributed by atoms with E-state index < -0.39 is 54.4 Å². The second-order valence-corrected chi connectivity index (χ2v) is 11.9. The third kappa shape index (κ3) is 5.99. The first-order chi connectivity index (χ1) is 20.1. The zero-order valence-corrected chi connectivity index (χ0v) is 23.8. The van der Waals surface area contributed by atoms with E-state index in [1.54, 1.807) is 19.9 Å². The number of halogens is 2. The molecule has 6 atom stereocenters. The van der Waals surface area contributed by atoms with Gasteiger partial charge in [0.1, 0.15) is 18.3 Å². The van der Waals surface area contributed by atoms with Gasteiger partial charge in [0.2, 0.25) is 5.65 Å². The number of carboxylic acids is 1. The highest BCUT2D eigenvalue weighted by Gasteiger charge is 2.57. The van der Waals surface area contributed by atoms with Gasteiger partial charge in [-0.05, 0) is 49.6 Å². The molecule has 42 heavy (non-hydrogen) atoms. The maximum atomic E-state index is 13.8. The van der Waals surface area contributed by atoms with Crippen LogP contribution in [0.5, 0.6) is 0 Å². The predicted molar refractivity (Wildman–Crippen MR) is 143 cm³/mol. The summed E-state index contributed by atoms with van der Waals surface area (Å²) in [6.45, 7) is 4.95. The van der Waals surface area contributed by atoms with Gasteiger partial charge in [0.15, 0.2) is 46.6 Å². The van der Waals surface area contributed by atoms with E-state index in [1.165, 1.54) is 22.7 Å². The molecule has 0 spiro atoms. The minimum Gasteiger partial charge on any atom is -0.479 e. The van der Waals surface area contributed by atoms with Gasteiger partial charge in [-0.1, -0.05) is 29.6 Å². The monoisotopic (exact) mass is 608 g/mol. The van der Waals surface area contributed by atoms with Gasteiger partial charge in [0.05, 0.1) is 0 Å². The summed E-state index contributed by atoms with van der Waals surface area (Å²) in [7, 11) is 0. The topological polar surface area (TPSA) is 152 Å². The van der Waals surface area contributed by atoms with E-state index in [9.17, 15) is 13.6 Å². The first kappa shape index (κ1) is 28.9. The quantitative estimate of drug-likeness (QED) is 0.134. The predicted octanol–water partition coefficient (Wildman–Crippen LogP) is 3.09. The van der Waals surface area contributed by atoms with E-state index in [4.69, 9.17) is 29.2 Å². The van der Waals surface area contributed by atoms with Crippen molar-refractivity contribution in [3.05, 3.63) is 35.4 Å². The number of carbonyl (C=O) groups is 1. The molecular weight excluding hydrogens is 578 g/mol. The molecule has 226 valence electrons. The average molecular weight is 609 g/mol. The molecule has 3 fully saturated rings. The van der Waals surface area contributed by atoms with Crippen molar-refractivity contribution in [1.82, 2.24) is 25.1 Å². The fourth-order valence-electron chi connectivity index (χ4n) is 5.23. The molecule has 1 saturated heterocycles. The SMILES string of the molecule is CCCSc1nc(NC2CC2c2ccc(F)c(F)c2)c2nnn(OC3CC(OOCC(=O)O)C4OC(C)(C)OC34)c2n1. The van der Waals surface area contributed by atoms with Gasteiger partial charge in [0, 0.05) is 24.1 Å². The molecule has 2 saturated carbocycles. The molecule has 0 bridgehead atoms. The fraction of sp³-hybridized carbons (Fsp3) is 0.577. The minimum atomic E-state index is -1.17. The van der Waals surface area contributed by atoms with E-state index in [1.807, 2.05) is 0 Å². The Hall–Kier alpha value is -3.18. The molecule has 1 aromatic carbocycles. The summed E-state index contributed by atoms with van der Waals surface area (Å²) >= 11 is 1.47. The Morgan fingerprint density at radius 2 is 1.98 bits per heavy atom. The van der Waals surface area contributed by atoms with Crippen LogP contribution < -0.4 is 10.2 Å². The number of nitrogens with zero attached hydrogens (tertiary/aromatic N) is 5. The Kier molecular flexibility index (Phi) is 7.91. The highest BCUT2D eigenvalue weighted by atomic mass is 32.2. The lowest BCUT2D eigenvalue weighted by atomic mass is 10.1. The van der Waals surface area contributed by atoms with Crippen molar-refractivity contribution in [2.75, 3.05) is 17.7 Å². The van der Waals surface area contributed by atoms with Crippen LogP contribution in [-0.4, -0.2) is 84.8 Å². The number of hydrogen-bond donors (Lipinski definition) is 2. The van der Waals surface area contributed by atoms with Gasteiger partial charge < -0.3 is 24.7 Å². The first-order valence-corrected chi connectivity index (χ1v) is 14.6. The average Bonchev–Trinajstić information content (AvgIpc) is 3.31. The van der Waals surface area contributed by atoms with Crippen LogP contribution >= 0.6 is 11.8 Å². The summed E-state index contributed by atoms with van der Waals surface area (Å²) < 4.78 is 39.3. The number of carboxylic acid groups (broad SMARTS) is 1. The van der Waals surface area contributed by atoms with Gasteiger partial charge in [-0.2, -0.15) is 4.98 Å². The van der Waals surface area contributed by atoms with Crippen molar-refractivity contribution in [2.24, 2.45) is 0 Å². The third-order valence-corrected chi connectivity index (χ3v) is 8.20.